The minimum atomic E-state index is -3.33. The largest absolute Gasteiger partial charge is 0.508 e. The molecule has 0 aliphatic carbocycles. The summed E-state index contributed by atoms with van der Waals surface area (Å²) in [5, 5.41) is 12.7. The molecule has 1 atom stereocenters. The quantitative estimate of drug-likeness (QED) is 0.810. The van der Waals surface area contributed by atoms with E-state index in [4.69, 9.17) is 9.05 Å². The van der Waals surface area contributed by atoms with Crippen LogP contribution in [0.4, 0.5) is 5.69 Å². The number of phenols is 1. The van der Waals surface area contributed by atoms with Gasteiger partial charge in [0.2, 0.25) is 0 Å². The summed E-state index contributed by atoms with van der Waals surface area (Å²) in [7, 11) is -3.33. The van der Waals surface area contributed by atoms with Crippen molar-refractivity contribution in [3.8, 4) is 5.75 Å². The van der Waals surface area contributed by atoms with E-state index in [1.807, 2.05) is 31.2 Å². The summed E-state index contributed by atoms with van der Waals surface area (Å²) in [6, 6.07) is 14.4. The molecule has 2 N–H and O–H groups in total. The number of nitrogens with one attached hydrogen (secondary N) is 1. The molecule has 1 heterocycles. The third kappa shape index (κ3) is 3.75. The van der Waals surface area contributed by atoms with Crippen LogP contribution >= 0.6 is 7.60 Å². The van der Waals surface area contributed by atoms with Gasteiger partial charge in [-0.3, -0.25) is 4.57 Å². The van der Waals surface area contributed by atoms with Gasteiger partial charge in [0.15, 0.2) is 5.78 Å². The minimum Gasteiger partial charge on any atom is -0.508 e. The second-order valence-electron chi connectivity index (χ2n) is 5.56. The molecule has 0 radical (unpaired) electrons. The normalized spacial score (nSPS) is 18.3. The van der Waals surface area contributed by atoms with Crippen LogP contribution < -0.4 is 5.32 Å². The molecule has 122 valence electrons. The summed E-state index contributed by atoms with van der Waals surface area (Å²) < 4.78 is 24.2. The van der Waals surface area contributed by atoms with E-state index >= 15 is 0 Å². The molecular weight excluding hydrogens is 313 g/mol. The maximum Gasteiger partial charge on any atom is 0.357 e. The van der Waals surface area contributed by atoms with Crippen LogP contribution in [-0.2, 0) is 13.6 Å². The van der Waals surface area contributed by atoms with Crippen LogP contribution in [-0.4, -0.2) is 18.3 Å². The Morgan fingerprint density at radius 1 is 1.04 bits per heavy atom. The summed E-state index contributed by atoms with van der Waals surface area (Å²) in [6.45, 7) is 2.85. The van der Waals surface area contributed by atoms with Crippen LogP contribution in [0, 0.1) is 6.92 Å². The van der Waals surface area contributed by atoms with E-state index < -0.39 is 13.4 Å². The van der Waals surface area contributed by atoms with Gasteiger partial charge in [0, 0.05) is 5.69 Å². The average Bonchev–Trinajstić information content (AvgIpc) is 2.56. The molecule has 5 nitrogen and oxygen atoms in total. The van der Waals surface area contributed by atoms with Gasteiger partial charge in [0.1, 0.15) is 5.75 Å². The van der Waals surface area contributed by atoms with Crippen molar-refractivity contribution in [3.05, 3.63) is 59.7 Å². The van der Waals surface area contributed by atoms with Crippen LogP contribution in [0.1, 0.15) is 23.3 Å². The molecule has 0 saturated carbocycles. The average molecular weight is 333 g/mol. The highest BCUT2D eigenvalue weighted by molar-refractivity contribution is 7.54. The number of phenolic OH excluding ortho intramolecular Hbond substituents is 1. The molecule has 1 aliphatic rings. The molecule has 0 amide bonds. The molecule has 0 spiro atoms. The zero-order valence-corrected chi connectivity index (χ0v) is 13.8. The summed E-state index contributed by atoms with van der Waals surface area (Å²) in [6.07, 6.45) is 0.733. The summed E-state index contributed by atoms with van der Waals surface area (Å²) in [5.74, 6) is -0.460. The van der Waals surface area contributed by atoms with E-state index in [1.54, 1.807) is 24.3 Å². The lowest BCUT2D eigenvalue weighted by Crippen LogP contribution is -2.19. The van der Waals surface area contributed by atoms with Gasteiger partial charge in [0.05, 0.1) is 13.2 Å². The Morgan fingerprint density at radius 3 is 2.26 bits per heavy atom. The van der Waals surface area contributed by atoms with E-state index in [1.165, 1.54) is 0 Å². The lowest BCUT2D eigenvalue weighted by atomic mass is 10.2. The van der Waals surface area contributed by atoms with Crippen molar-refractivity contribution in [2.24, 2.45) is 0 Å². The molecule has 1 fully saturated rings. The zero-order valence-electron chi connectivity index (χ0n) is 12.9. The monoisotopic (exact) mass is 333 g/mol. The fourth-order valence-corrected chi connectivity index (χ4v) is 4.42. The second-order valence-corrected chi connectivity index (χ2v) is 7.68. The Morgan fingerprint density at radius 2 is 1.65 bits per heavy atom. The highest BCUT2D eigenvalue weighted by atomic mass is 31.2. The van der Waals surface area contributed by atoms with E-state index in [0.717, 1.165) is 23.2 Å². The molecule has 0 bridgehead atoms. The van der Waals surface area contributed by atoms with E-state index in [9.17, 15) is 9.67 Å². The Labute approximate surface area is 135 Å². The van der Waals surface area contributed by atoms with Crippen LogP contribution in [0.5, 0.6) is 5.75 Å². The van der Waals surface area contributed by atoms with Gasteiger partial charge in [-0.05, 0) is 43.2 Å². The molecule has 3 rings (SSSR count). The lowest BCUT2D eigenvalue weighted by Gasteiger charge is -2.31. The maximum atomic E-state index is 13.1. The number of anilines is 1. The first-order chi connectivity index (χ1) is 11.1. The fourth-order valence-electron chi connectivity index (χ4n) is 2.44. The Kier molecular flexibility index (Phi) is 4.71. The fraction of sp³-hybridized carbons (Fsp3) is 0.294. The van der Waals surface area contributed by atoms with E-state index in [2.05, 4.69) is 5.32 Å². The van der Waals surface area contributed by atoms with Gasteiger partial charge in [-0.1, -0.05) is 29.8 Å². The number of hydrogen-bond acceptors (Lipinski definition) is 5. The molecule has 2 aromatic carbocycles. The molecule has 1 saturated heterocycles. The number of rotatable bonds is 4. The minimum absolute atomic E-state index is 0.159. The van der Waals surface area contributed by atoms with Gasteiger partial charge in [-0.15, -0.1) is 0 Å². The van der Waals surface area contributed by atoms with Crippen molar-refractivity contribution in [1.29, 1.82) is 0 Å². The summed E-state index contributed by atoms with van der Waals surface area (Å²) in [4.78, 5) is 0. The van der Waals surface area contributed by atoms with Crippen molar-refractivity contribution in [1.82, 2.24) is 0 Å². The maximum absolute atomic E-state index is 13.1. The van der Waals surface area contributed by atoms with E-state index in [-0.39, 0.29) is 5.75 Å². The first-order valence-electron chi connectivity index (χ1n) is 7.58. The first-order valence-corrected chi connectivity index (χ1v) is 9.19. The standard InChI is InChI=1S/C17H20NO4P/c1-13-3-7-15(8-4-13)18-17(14-5-9-16(19)10-6-14)23(20)21-11-2-12-22-23/h3-10,17-19H,2,11-12H2,1H3. The van der Waals surface area contributed by atoms with Crippen LogP contribution in [0.25, 0.3) is 0 Å². The van der Waals surface area contributed by atoms with Crippen LogP contribution in [0.2, 0.25) is 0 Å². The third-order valence-electron chi connectivity index (χ3n) is 3.71. The topological polar surface area (TPSA) is 67.8 Å². The number of aryl methyl sites for hydroxylation is 1. The van der Waals surface area contributed by atoms with Crippen LogP contribution in [0.3, 0.4) is 0 Å². The van der Waals surface area contributed by atoms with E-state index in [0.29, 0.717) is 13.2 Å². The molecule has 1 unspecified atom stereocenters. The molecule has 0 aromatic heterocycles. The SMILES string of the molecule is Cc1ccc(NC(c2ccc(O)cc2)P2(=O)OCCCO2)cc1. The van der Waals surface area contributed by atoms with Gasteiger partial charge in [-0.2, -0.15) is 0 Å². The first kappa shape index (κ1) is 16.1. The molecule has 1 aliphatic heterocycles. The summed E-state index contributed by atoms with van der Waals surface area (Å²) in [5.41, 5.74) is 2.73. The Bertz CT molecular complexity index is 690. The Balaban J connectivity index is 1.93. The van der Waals surface area contributed by atoms with Gasteiger partial charge in [0.25, 0.3) is 0 Å². The van der Waals surface area contributed by atoms with Crippen LogP contribution in [0.15, 0.2) is 48.5 Å². The highest BCUT2D eigenvalue weighted by Crippen LogP contribution is 2.62. The predicted octanol–water partition coefficient (Wildman–Crippen LogP) is 4.44. The van der Waals surface area contributed by atoms with Crippen molar-refractivity contribution < 1.29 is 18.7 Å². The number of benzene rings is 2. The summed E-state index contributed by atoms with van der Waals surface area (Å²) >= 11 is 0. The van der Waals surface area contributed by atoms with Crippen molar-refractivity contribution in [3.63, 3.8) is 0 Å². The van der Waals surface area contributed by atoms with Crippen molar-refractivity contribution in [2.45, 2.75) is 19.1 Å². The van der Waals surface area contributed by atoms with Gasteiger partial charge >= 0.3 is 7.60 Å². The third-order valence-corrected chi connectivity index (χ3v) is 5.86. The Hall–Kier alpha value is -1.81. The van der Waals surface area contributed by atoms with Crippen molar-refractivity contribution in [2.75, 3.05) is 18.5 Å². The molecular formula is C17H20NO4P. The molecule has 2 aromatic rings. The van der Waals surface area contributed by atoms with Gasteiger partial charge in [-0.25, -0.2) is 0 Å². The molecule has 6 heteroatoms. The number of hydrogen-bond donors (Lipinski definition) is 2. The lowest BCUT2D eigenvalue weighted by molar-refractivity contribution is 0.141. The zero-order chi connectivity index (χ0) is 16.3. The number of aromatic hydroxyl groups is 1. The predicted molar refractivity (Wildman–Crippen MR) is 89.8 cm³/mol. The second kappa shape index (κ2) is 6.75. The molecule has 23 heavy (non-hydrogen) atoms. The van der Waals surface area contributed by atoms with Gasteiger partial charge < -0.3 is 19.5 Å². The van der Waals surface area contributed by atoms with Crippen molar-refractivity contribution >= 4 is 13.3 Å². The smallest absolute Gasteiger partial charge is 0.357 e. The highest BCUT2D eigenvalue weighted by Gasteiger charge is 2.39.